The zero-order chi connectivity index (χ0) is 10.7. The Morgan fingerprint density at radius 2 is 1.86 bits per heavy atom. The van der Waals surface area contributed by atoms with Gasteiger partial charge in [-0.25, -0.2) is 13.2 Å². The number of benzene rings is 1. The lowest BCUT2D eigenvalue weighted by molar-refractivity contribution is 0.146. The summed E-state index contributed by atoms with van der Waals surface area (Å²) in [6.07, 6.45) is -2.81. The van der Waals surface area contributed by atoms with Gasteiger partial charge in [0.2, 0.25) is 0 Å². The van der Waals surface area contributed by atoms with Crippen molar-refractivity contribution in [2.24, 2.45) is 0 Å². The van der Waals surface area contributed by atoms with Crippen molar-refractivity contribution in [1.82, 2.24) is 0 Å². The highest BCUT2D eigenvalue weighted by molar-refractivity contribution is 9.09. The van der Waals surface area contributed by atoms with Crippen LogP contribution < -0.4 is 0 Å². The zero-order valence-electron chi connectivity index (χ0n) is 6.98. The molecule has 0 N–H and O–H groups in total. The molecule has 0 amide bonds. The fraction of sp³-hybridized carbons (Fsp3) is 0.333. The smallest absolute Gasteiger partial charge is 0.206 e. The molecule has 0 aliphatic rings. The number of alkyl halides is 4. The zero-order valence-corrected chi connectivity index (χ0v) is 9.33. The largest absolute Gasteiger partial charge is 0.266 e. The SMILES string of the molecule is Fc1c(C(F)F)cccc1C(Cl)CBr. The summed E-state index contributed by atoms with van der Waals surface area (Å²) in [6.45, 7) is 0. The first-order chi connectivity index (χ1) is 6.57. The molecule has 1 unspecified atom stereocenters. The van der Waals surface area contributed by atoms with Gasteiger partial charge in [0.15, 0.2) is 0 Å². The van der Waals surface area contributed by atoms with Crippen LogP contribution in [-0.2, 0) is 0 Å². The second-order valence-corrected chi connectivity index (χ2v) is 3.85. The van der Waals surface area contributed by atoms with Crippen molar-refractivity contribution in [2.75, 3.05) is 5.33 Å². The lowest BCUT2D eigenvalue weighted by atomic mass is 10.1. The van der Waals surface area contributed by atoms with Crippen LogP contribution in [-0.4, -0.2) is 5.33 Å². The second-order valence-electron chi connectivity index (χ2n) is 2.67. The van der Waals surface area contributed by atoms with E-state index >= 15 is 0 Å². The molecule has 0 saturated heterocycles. The normalized spacial score (nSPS) is 13.3. The summed E-state index contributed by atoms with van der Waals surface area (Å²) in [5.41, 5.74) is -0.504. The van der Waals surface area contributed by atoms with Crippen molar-refractivity contribution >= 4 is 27.5 Å². The molecule has 0 saturated carbocycles. The average Bonchev–Trinajstić information content (AvgIpc) is 2.16. The van der Waals surface area contributed by atoms with Gasteiger partial charge in [-0.3, -0.25) is 0 Å². The van der Waals surface area contributed by atoms with Crippen molar-refractivity contribution in [3.63, 3.8) is 0 Å². The Kier molecular flexibility index (Phi) is 4.26. The van der Waals surface area contributed by atoms with Crippen LogP contribution in [0.3, 0.4) is 0 Å². The molecule has 1 aromatic rings. The highest BCUT2D eigenvalue weighted by Gasteiger charge is 2.19. The van der Waals surface area contributed by atoms with Gasteiger partial charge in [-0.1, -0.05) is 34.1 Å². The molecule has 1 aromatic carbocycles. The second kappa shape index (κ2) is 5.03. The van der Waals surface area contributed by atoms with Crippen LogP contribution in [0.15, 0.2) is 18.2 Å². The van der Waals surface area contributed by atoms with E-state index in [-0.39, 0.29) is 5.56 Å². The highest BCUT2D eigenvalue weighted by Crippen LogP contribution is 2.30. The van der Waals surface area contributed by atoms with Crippen LogP contribution in [0, 0.1) is 5.82 Å². The van der Waals surface area contributed by atoms with Gasteiger partial charge in [0.25, 0.3) is 6.43 Å². The van der Waals surface area contributed by atoms with Gasteiger partial charge in [-0.15, -0.1) is 11.6 Å². The predicted molar refractivity (Wildman–Crippen MR) is 53.7 cm³/mol. The van der Waals surface area contributed by atoms with E-state index in [1.165, 1.54) is 12.1 Å². The molecule has 0 aromatic heterocycles. The van der Waals surface area contributed by atoms with E-state index in [2.05, 4.69) is 15.9 Å². The molecule has 78 valence electrons. The van der Waals surface area contributed by atoms with Gasteiger partial charge in [0, 0.05) is 10.9 Å². The van der Waals surface area contributed by atoms with Crippen LogP contribution in [0.4, 0.5) is 13.2 Å². The maximum Gasteiger partial charge on any atom is 0.266 e. The van der Waals surface area contributed by atoms with E-state index in [9.17, 15) is 13.2 Å². The summed E-state index contributed by atoms with van der Waals surface area (Å²) < 4.78 is 37.9. The number of halogens is 5. The topological polar surface area (TPSA) is 0 Å². The first-order valence-electron chi connectivity index (χ1n) is 3.84. The molecule has 0 radical (unpaired) electrons. The van der Waals surface area contributed by atoms with E-state index in [0.29, 0.717) is 5.33 Å². The van der Waals surface area contributed by atoms with Crippen molar-refractivity contribution in [3.8, 4) is 0 Å². The third-order valence-corrected chi connectivity index (χ3v) is 3.18. The number of hydrogen-bond acceptors (Lipinski definition) is 0. The Hall–Kier alpha value is -0.220. The van der Waals surface area contributed by atoms with Crippen LogP contribution in [0.25, 0.3) is 0 Å². The molecule has 1 rings (SSSR count). The van der Waals surface area contributed by atoms with Gasteiger partial charge in [0.05, 0.1) is 10.9 Å². The lowest BCUT2D eigenvalue weighted by Gasteiger charge is -2.10. The molecule has 1 atom stereocenters. The molecular formula is C9H7BrClF3. The molecular weight excluding hydrogens is 280 g/mol. The van der Waals surface area contributed by atoms with E-state index in [1.807, 2.05) is 0 Å². The fourth-order valence-electron chi connectivity index (χ4n) is 1.06. The number of rotatable bonds is 3. The van der Waals surface area contributed by atoms with Crippen LogP contribution in [0.2, 0.25) is 0 Å². The molecule has 0 nitrogen and oxygen atoms in total. The third-order valence-electron chi connectivity index (χ3n) is 1.77. The summed E-state index contributed by atoms with van der Waals surface area (Å²) in [5.74, 6) is -0.915. The molecule has 5 heteroatoms. The molecule has 0 aliphatic heterocycles. The summed E-state index contributed by atoms with van der Waals surface area (Å²) in [5, 5.41) is -0.313. The molecule has 0 aliphatic carbocycles. The summed E-state index contributed by atoms with van der Waals surface area (Å²) >= 11 is 8.80. The van der Waals surface area contributed by atoms with E-state index < -0.39 is 23.2 Å². The standard InChI is InChI=1S/C9H7BrClF3/c10-4-7(11)5-2-1-3-6(8(5)12)9(13)14/h1-3,7,9H,4H2. The van der Waals surface area contributed by atoms with Crippen LogP contribution >= 0.6 is 27.5 Å². The molecule has 0 spiro atoms. The van der Waals surface area contributed by atoms with Crippen molar-refractivity contribution in [3.05, 3.63) is 35.1 Å². The molecule has 14 heavy (non-hydrogen) atoms. The Morgan fingerprint density at radius 3 is 2.36 bits per heavy atom. The minimum Gasteiger partial charge on any atom is -0.206 e. The number of hydrogen-bond donors (Lipinski definition) is 0. The van der Waals surface area contributed by atoms with Crippen molar-refractivity contribution < 1.29 is 13.2 Å². The Morgan fingerprint density at radius 1 is 1.29 bits per heavy atom. The molecule has 0 heterocycles. The Balaban J connectivity index is 3.13. The first kappa shape index (κ1) is 11.9. The van der Waals surface area contributed by atoms with Crippen molar-refractivity contribution in [1.29, 1.82) is 0 Å². The van der Waals surface area contributed by atoms with E-state index in [0.717, 1.165) is 6.07 Å². The van der Waals surface area contributed by atoms with Gasteiger partial charge in [-0.05, 0) is 0 Å². The lowest BCUT2D eigenvalue weighted by Crippen LogP contribution is -2.00. The van der Waals surface area contributed by atoms with E-state index in [1.54, 1.807) is 0 Å². The molecule has 0 fully saturated rings. The van der Waals surface area contributed by atoms with Crippen LogP contribution in [0.5, 0.6) is 0 Å². The quantitative estimate of drug-likeness (QED) is 0.721. The van der Waals surface area contributed by atoms with Gasteiger partial charge < -0.3 is 0 Å². The summed E-state index contributed by atoms with van der Waals surface area (Å²) in [7, 11) is 0. The van der Waals surface area contributed by atoms with Gasteiger partial charge in [0.1, 0.15) is 5.82 Å². The monoisotopic (exact) mass is 286 g/mol. The maximum atomic E-state index is 13.4. The predicted octanol–water partition coefficient (Wildman–Crippen LogP) is 4.44. The Bertz CT molecular complexity index is 317. The maximum absolute atomic E-state index is 13.4. The summed E-state index contributed by atoms with van der Waals surface area (Å²) in [4.78, 5) is 0. The van der Waals surface area contributed by atoms with Crippen LogP contribution in [0.1, 0.15) is 22.9 Å². The minimum atomic E-state index is -2.81. The average molecular weight is 288 g/mol. The first-order valence-corrected chi connectivity index (χ1v) is 5.40. The van der Waals surface area contributed by atoms with Gasteiger partial charge in [-0.2, -0.15) is 0 Å². The van der Waals surface area contributed by atoms with Gasteiger partial charge >= 0.3 is 0 Å². The minimum absolute atomic E-state index is 0.0985. The van der Waals surface area contributed by atoms with Crippen molar-refractivity contribution in [2.45, 2.75) is 11.8 Å². The third kappa shape index (κ3) is 2.42. The van der Waals surface area contributed by atoms with E-state index in [4.69, 9.17) is 11.6 Å². The highest BCUT2D eigenvalue weighted by atomic mass is 79.9. The fourth-order valence-corrected chi connectivity index (χ4v) is 1.58. The Labute approximate surface area is 93.2 Å². The summed E-state index contributed by atoms with van der Waals surface area (Å²) in [6, 6.07) is 3.83. The molecule has 0 bridgehead atoms.